The van der Waals surface area contributed by atoms with Crippen molar-refractivity contribution in [2.24, 2.45) is 0 Å². The van der Waals surface area contributed by atoms with Gasteiger partial charge in [-0.15, -0.1) is 0 Å². The summed E-state index contributed by atoms with van der Waals surface area (Å²) in [7, 11) is 0. The fraction of sp³-hybridized carbons (Fsp3) is 0.250. The Morgan fingerprint density at radius 1 is 1.39 bits per heavy atom. The molecule has 0 atom stereocenters. The van der Waals surface area contributed by atoms with Gasteiger partial charge in [0, 0.05) is 12.7 Å². The number of hydrogen-bond donors (Lipinski definition) is 1. The smallest absolute Gasteiger partial charge is 0.145 e. The van der Waals surface area contributed by atoms with E-state index in [9.17, 15) is 0 Å². The fourth-order valence-electron chi connectivity index (χ4n) is 1.28. The SMILES string of the molecule is CCCNc1cncc(Sc2ncccc2Cl)n1. The predicted molar refractivity (Wildman–Crippen MR) is 74.2 cm³/mol. The molecule has 0 aliphatic carbocycles. The van der Waals surface area contributed by atoms with E-state index in [1.54, 1.807) is 24.7 Å². The first-order valence-corrected chi connectivity index (χ1v) is 6.83. The molecule has 0 unspecified atom stereocenters. The third-order valence-corrected chi connectivity index (χ3v) is 3.44. The largest absolute Gasteiger partial charge is 0.369 e. The first-order chi connectivity index (χ1) is 8.79. The second kappa shape index (κ2) is 6.56. The number of anilines is 1. The van der Waals surface area contributed by atoms with Crippen LogP contribution in [-0.4, -0.2) is 21.5 Å². The number of hydrogen-bond acceptors (Lipinski definition) is 5. The third-order valence-electron chi connectivity index (χ3n) is 2.09. The van der Waals surface area contributed by atoms with Gasteiger partial charge in [0.25, 0.3) is 0 Å². The molecule has 2 aromatic heterocycles. The van der Waals surface area contributed by atoms with E-state index in [1.165, 1.54) is 11.8 Å². The normalized spacial score (nSPS) is 10.3. The van der Waals surface area contributed by atoms with Crippen molar-refractivity contribution in [2.45, 2.75) is 23.4 Å². The molecule has 94 valence electrons. The average Bonchev–Trinajstić information content (AvgIpc) is 2.40. The van der Waals surface area contributed by atoms with Crippen LogP contribution in [0.5, 0.6) is 0 Å². The van der Waals surface area contributed by atoms with Gasteiger partial charge >= 0.3 is 0 Å². The molecule has 1 N–H and O–H groups in total. The monoisotopic (exact) mass is 280 g/mol. The van der Waals surface area contributed by atoms with Crippen LogP contribution < -0.4 is 5.32 Å². The quantitative estimate of drug-likeness (QED) is 0.908. The van der Waals surface area contributed by atoms with Gasteiger partial charge in [-0.3, -0.25) is 4.98 Å². The first kappa shape index (κ1) is 13.1. The van der Waals surface area contributed by atoms with Crippen LogP contribution in [0.4, 0.5) is 5.82 Å². The van der Waals surface area contributed by atoms with Gasteiger partial charge in [-0.2, -0.15) is 0 Å². The van der Waals surface area contributed by atoms with Crippen molar-refractivity contribution in [1.82, 2.24) is 15.0 Å². The van der Waals surface area contributed by atoms with Crippen LogP contribution in [0.15, 0.2) is 40.8 Å². The van der Waals surface area contributed by atoms with E-state index < -0.39 is 0 Å². The first-order valence-electron chi connectivity index (χ1n) is 5.64. The van der Waals surface area contributed by atoms with Gasteiger partial charge in [-0.05, 0) is 30.3 Å². The molecular weight excluding hydrogens is 268 g/mol. The lowest BCUT2D eigenvalue weighted by molar-refractivity contribution is 0.947. The second-order valence-corrected chi connectivity index (χ2v) is 4.98. The van der Waals surface area contributed by atoms with E-state index in [0.29, 0.717) is 5.02 Å². The van der Waals surface area contributed by atoms with Gasteiger partial charge in [0.05, 0.1) is 17.4 Å². The Labute approximate surface area is 115 Å². The lowest BCUT2D eigenvalue weighted by atomic mass is 10.5. The number of nitrogens with zero attached hydrogens (tertiary/aromatic N) is 3. The summed E-state index contributed by atoms with van der Waals surface area (Å²) in [5.41, 5.74) is 0. The molecule has 0 aromatic carbocycles. The summed E-state index contributed by atoms with van der Waals surface area (Å²) in [6.45, 7) is 2.99. The van der Waals surface area contributed by atoms with Crippen molar-refractivity contribution < 1.29 is 0 Å². The highest BCUT2D eigenvalue weighted by molar-refractivity contribution is 7.99. The van der Waals surface area contributed by atoms with Crippen molar-refractivity contribution in [3.8, 4) is 0 Å². The van der Waals surface area contributed by atoms with E-state index >= 15 is 0 Å². The molecule has 4 nitrogen and oxygen atoms in total. The summed E-state index contributed by atoms with van der Waals surface area (Å²) < 4.78 is 0. The van der Waals surface area contributed by atoms with Gasteiger partial charge in [0.15, 0.2) is 0 Å². The molecular formula is C12H13ClN4S. The molecule has 2 rings (SSSR count). The second-order valence-electron chi connectivity index (χ2n) is 3.56. The maximum absolute atomic E-state index is 6.05. The maximum atomic E-state index is 6.05. The van der Waals surface area contributed by atoms with Crippen LogP contribution in [0.1, 0.15) is 13.3 Å². The Bertz CT molecular complexity index is 521. The van der Waals surface area contributed by atoms with E-state index in [1.807, 2.05) is 6.07 Å². The Hall–Kier alpha value is -1.33. The van der Waals surface area contributed by atoms with Gasteiger partial charge in [-0.25, -0.2) is 9.97 Å². The minimum Gasteiger partial charge on any atom is -0.369 e. The molecule has 0 bridgehead atoms. The van der Waals surface area contributed by atoms with Crippen molar-refractivity contribution in [1.29, 1.82) is 0 Å². The lowest BCUT2D eigenvalue weighted by Gasteiger charge is -2.05. The molecule has 0 amide bonds. The molecule has 0 aliphatic heterocycles. The van der Waals surface area contributed by atoms with Gasteiger partial charge < -0.3 is 5.32 Å². The van der Waals surface area contributed by atoms with Crippen LogP contribution >= 0.6 is 23.4 Å². The zero-order valence-electron chi connectivity index (χ0n) is 9.93. The minimum atomic E-state index is 0.622. The average molecular weight is 281 g/mol. The van der Waals surface area contributed by atoms with Crippen molar-refractivity contribution in [3.63, 3.8) is 0 Å². The van der Waals surface area contributed by atoms with Crippen LogP contribution in [-0.2, 0) is 0 Å². The fourth-order valence-corrected chi connectivity index (χ4v) is 2.25. The number of halogens is 1. The van der Waals surface area contributed by atoms with E-state index in [4.69, 9.17) is 11.6 Å². The molecule has 0 radical (unpaired) electrons. The molecule has 2 aromatic rings. The molecule has 0 fully saturated rings. The molecule has 0 saturated heterocycles. The topological polar surface area (TPSA) is 50.7 Å². The van der Waals surface area contributed by atoms with Gasteiger partial charge in [-0.1, -0.05) is 18.5 Å². The number of pyridine rings is 1. The summed E-state index contributed by atoms with van der Waals surface area (Å²) in [4.78, 5) is 12.8. The van der Waals surface area contributed by atoms with Gasteiger partial charge in [0.1, 0.15) is 15.9 Å². The van der Waals surface area contributed by atoms with E-state index in [0.717, 1.165) is 28.8 Å². The standard InChI is InChI=1S/C12H13ClN4S/c1-2-5-15-10-7-14-8-11(17-10)18-12-9(13)4-3-6-16-12/h3-4,6-8H,2,5H2,1H3,(H,15,17). The zero-order chi connectivity index (χ0) is 12.8. The Balaban J connectivity index is 2.12. The molecule has 6 heteroatoms. The Morgan fingerprint density at radius 2 is 2.28 bits per heavy atom. The van der Waals surface area contributed by atoms with E-state index in [-0.39, 0.29) is 0 Å². The van der Waals surface area contributed by atoms with Crippen LogP contribution in [0.2, 0.25) is 5.02 Å². The minimum absolute atomic E-state index is 0.622. The summed E-state index contributed by atoms with van der Waals surface area (Å²) in [5.74, 6) is 0.772. The summed E-state index contributed by atoms with van der Waals surface area (Å²) in [6, 6.07) is 3.61. The van der Waals surface area contributed by atoms with Gasteiger partial charge in [0.2, 0.25) is 0 Å². The molecule has 0 spiro atoms. The molecule has 2 heterocycles. The third kappa shape index (κ3) is 3.58. The lowest BCUT2D eigenvalue weighted by Crippen LogP contribution is -2.02. The van der Waals surface area contributed by atoms with Crippen LogP contribution in [0.3, 0.4) is 0 Å². The predicted octanol–water partition coefficient (Wildman–Crippen LogP) is 3.50. The highest BCUT2D eigenvalue weighted by atomic mass is 35.5. The molecule has 18 heavy (non-hydrogen) atoms. The zero-order valence-corrected chi connectivity index (χ0v) is 11.5. The number of rotatable bonds is 5. The Kier molecular flexibility index (Phi) is 4.78. The summed E-state index contributed by atoms with van der Waals surface area (Å²) in [5, 5.41) is 5.33. The highest BCUT2D eigenvalue weighted by Gasteiger charge is 2.05. The van der Waals surface area contributed by atoms with Crippen molar-refractivity contribution >= 4 is 29.2 Å². The molecule has 0 aliphatic rings. The summed E-state index contributed by atoms with van der Waals surface area (Å²) in [6.07, 6.45) is 6.17. The van der Waals surface area contributed by atoms with Crippen LogP contribution in [0, 0.1) is 0 Å². The Morgan fingerprint density at radius 3 is 3.06 bits per heavy atom. The van der Waals surface area contributed by atoms with E-state index in [2.05, 4.69) is 27.2 Å². The maximum Gasteiger partial charge on any atom is 0.145 e. The van der Waals surface area contributed by atoms with Crippen molar-refractivity contribution in [2.75, 3.05) is 11.9 Å². The summed E-state index contributed by atoms with van der Waals surface area (Å²) >= 11 is 7.46. The number of nitrogens with one attached hydrogen (secondary N) is 1. The number of aromatic nitrogens is 3. The highest BCUT2D eigenvalue weighted by Crippen LogP contribution is 2.29. The van der Waals surface area contributed by atoms with Crippen LogP contribution in [0.25, 0.3) is 0 Å². The molecule has 0 saturated carbocycles. The van der Waals surface area contributed by atoms with Crippen molar-refractivity contribution in [3.05, 3.63) is 35.7 Å².